The van der Waals surface area contributed by atoms with Crippen LogP contribution in [0.3, 0.4) is 0 Å². The Kier molecular flexibility index (Phi) is 5.40. The number of nitrogens with one attached hydrogen (secondary N) is 1. The molecular weight excluding hydrogens is 252 g/mol. The van der Waals surface area contributed by atoms with Crippen LogP contribution < -0.4 is 10.1 Å². The topological polar surface area (TPSA) is 65.3 Å². The van der Waals surface area contributed by atoms with Crippen molar-refractivity contribution in [2.24, 2.45) is 5.92 Å². The van der Waals surface area contributed by atoms with Gasteiger partial charge in [-0.15, -0.1) is 0 Å². The number of aliphatic hydroxyl groups excluding tert-OH is 1. The second-order valence-corrected chi connectivity index (χ2v) is 5.62. The molecule has 0 bridgehead atoms. The molecule has 1 aromatic rings. The molecule has 4 nitrogen and oxygen atoms in total. The molecule has 1 aromatic carbocycles. The lowest BCUT2D eigenvalue weighted by molar-refractivity contribution is 0.103. The SMILES string of the molecule is CC1CCC(NCC(O)COc2ccc(C#N)cc2)C1. The van der Waals surface area contributed by atoms with Gasteiger partial charge in [0.05, 0.1) is 11.6 Å². The van der Waals surface area contributed by atoms with E-state index in [0.717, 1.165) is 5.92 Å². The Bertz CT molecular complexity index is 453. The standard InChI is InChI=1S/C16H22N2O2/c1-12-2-5-14(8-12)18-10-15(19)11-20-16-6-3-13(9-17)4-7-16/h3-4,6-7,12,14-15,18-19H,2,5,8,10-11H2,1H3. The number of aliphatic hydroxyl groups is 1. The van der Waals surface area contributed by atoms with Gasteiger partial charge < -0.3 is 15.2 Å². The highest BCUT2D eigenvalue weighted by atomic mass is 16.5. The van der Waals surface area contributed by atoms with Crippen LogP contribution in [0, 0.1) is 17.2 Å². The van der Waals surface area contributed by atoms with Crippen LogP contribution in [0.25, 0.3) is 0 Å². The summed E-state index contributed by atoms with van der Waals surface area (Å²) in [5, 5.41) is 22.0. The first-order valence-corrected chi connectivity index (χ1v) is 7.22. The van der Waals surface area contributed by atoms with E-state index in [1.54, 1.807) is 24.3 Å². The highest BCUT2D eigenvalue weighted by Gasteiger charge is 2.21. The molecule has 1 aliphatic carbocycles. The van der Waals surface area contributed by atoms with Crippen LogP contribution in [0.1, 0.15) is 31.7 Å². The Morgan fingerprint density at radius 2 is 2.15 bits per heavy atom. The predicted octanol–water partition coefficient (Wildman–Crippen LogP) is 2.08. The van der Waals surface area contributed by atoms with E-state index < -0.39 is 6.10 Å². The fraction of sp³-hybridized carbons (Fsp3) is 0.562. The van der Waals surface area contributed by atoms with Gasteiger partial charge in [-0.1, -0.05) is 6.92 Å². The second kappa shape index (κ2) is 7.28. The molecule has 1 saturated carbocycles. The Morgan fingerprint density at radius 3 is 2.75 bits per heavy atom. The van der Waals surface area contributed by atoms with Crippen molar-refractivity contribution in [1.82, 2.24) is 5.32 Å². The Labute approximate surface area is 120 Å². The van der Waals surface area contributed by atoms with Crippen molar-refractivity contribution in [2.75, 3.05) is 13.2 Å². The molecule has 1 fully saturated rings. The van der Waals surface area contributed by atoms with Gasteiger partial charge >= 0.3 is 0 Å². The smallest absolute Gasteiger partial charge is 0.119 e. The molecule has 0 heterocycles. The molecule has 0 spiro atoms. The zero-order chi connectivity index (χ0) is 14.4. The molecule has 3 unspecified atom stereocenters. The van der Waals surface area contributed by atoms with E-state index in [0.29, 0.717) is 23.9 Å². The maximum absolute atomic E-state index is 9.90. The minimum Gasteiger partial charge on any atom is -0.491 e. The minimum atomic E-state index is -0.512. The summed E-state index contributed by atoms with van der Waals surface area (Å²) >= 11 is 0. The number of ether oxygens (including phenoxy) is 1. The highest BCUT2D eigenvalue weighted by Crippen LogP contribution is 2.24. The number of nitrogens with zero attached hydrogens (tertiary/aromatic N) is 1. The largest absolute Gasteiger partial charge is 0.491 e. The number of benzene rings is 1. The van der Waals surface area contributed by atoms with Crippen LogP contribution in [-0.4, -0.2) is 30.4 Å². The molecule has 2 N–H and O–H groups in total. The Morgan fingerprint density at radius 1 is 1.40 bits per heavy atom. The summed E-state index contributed by atoms with van der Waals surface area (Å²) < 4.78 is 5.50. The highest BCUT2D eigenvalue weighted by molar-refractivity contribution is 5.34. The van der Waals surface area contributed by atoms with Crippen LogP contribution >= 0.6 is 0 Å². The van der Waals surface area contributed by atoms with Crippen molar-refractivity contribution in [2.45, 2.75) is 38.3 Å². The van der Waals surface area contributed by atoms with Crippen LogP contribution in [0.4, 0.5) is 0 Å². The molecule has 2 rings (SSSR count). The normalized spacial score (nSPS) is 23.2. The number of nitriles is 1. The third kappa shape index (κ3) is 4.52. The maximum Gasteiger partial charge on any atom is 0.119 e. The second-order valence-electron chi connectivity index (χ2n) is 5.62. The molecule has 20 heavy (non-hydrogen) atoms. The molecule has 1 aliphatic rings. The third-order valence-electron chi connectivity index (χ3n) is 3.76. The van der Waals surface area contributed by atoms with Gasteiger partial charge in [-0.2, -0.15) is 5.26 Å². The molecule has 0 aromatic heterocycles. The van der Waals surface area contributed by atoms with Gasteiger partial charge in [-0.3, -0.25) is 0 Å². The fourth-order valence-electron chi connectivity index (χ4n) is 2.57. The third-order valence-corrected chi connectivity index (χ3v) is 3.76. The summed E-state index contributed by atoms with van der Waals surface area (Å²) in [5.74, 6) is 1.47. The van der Waals surface area contributed by atoms with E-state index in [2.05, 4.69) is 18.3 Å². The summed E-state index contributed by atoms with van der Waals surface area (Å²) in [6.07, 6.45) is 3.16. The van der Waals surface area contributed by atoms with Gasteiger partial charge in [-0.25, -0.2) is 0 Å². The zero-order valence-electron chi connectivity index (χ0n) is 11.9. The van der Waals surface area contributed by atoms with Crippen molar-refractivity contribution in [3.05, 3.63) is 29.8 Å². The lowest BCUT2D eigenvalue weighted by atomic mass is 10.1. The molecule has 0 radical (unpaired) electrons. The first-order chi connectivity index (χ1) is 9.67. The summed E-state index contributed by atoms with van der Waals surface area (Å²) in [4.78, 5) is 0. The van der Waals surface area contributed by atoms with E-state index >= 15 is 0 Å². The molecule has 4 heteroatoms. The first kappa shape index (κ1) is 14.8. The van der Waals surface area contributed by atoms with Crippen LogP contribution in [0.2, 0.25) is 0 Å². The number of rotatable bonds is 6. The van der Waals surface area contributed by atoms with E-state index in [4.69, 9.17) is 10.00 Å². The van der Waals surface area contributed by atoms with Crippen LogP contribution in [0.15, 0.2) is 24.3 Å². The Hall–Kier alpha value is -1.57. The maximum atomic E-state index is 9.90. The van der Waals surface area contributed by atoms with E-state index in [9.17, 15) is 5.11 Å². The van der Waals surface area contributed by atoms with Crippen molar-refractivity contribution >= 4 is 0 Å². The lowest BCUT2D eigenvalue weighted by Gasteiger charge is -2.17. The average Bonchev–Trinajstić information content (AvgIpc) is 2.89. The van der Waals surface area contributed by atoms with Gasteiger partial charge in [0, 0.05) is 12.6 Å². The van der Waals surface area contributed by atoms with Crippen LogP contribution in [0.5, 0.6) is 5.75 Å². The quantitative estimate of drug-likeness (QED) is 0.833. The van der Waals surface area contributed by atoms with Crippen molar-refractivity contribution in [3.63, 3.8) is 0 Å². The van der Waals surface area contributed by atoms with E-state index in [-0.39, 0.29) is 6.61 Å². The lowest BCUT2D eigenvalue weighted by Crippen LogP contribution is -2.36. The summed E-state index contributed by atoms with van der Waals surface area (Å²) in [6, 6.07) is 9.51. The fourth-order valence-corrected chi connectivity index (χ4v) is 2.57. The summed E-state index contributed by atoms with van der Waals surface area (Å²) in [6.45, 7) is 3.10. The molecular formula is C16H22N2O2. The zero-order valence-corrected chi connectivity index (χ0v) is 11.9. The molecule has 0 amide bonds. The van der Waals surface area contributed by atoms with Gasteiger partial charge in [0.2, 0.25) is 0 Å². The first-order valence-electron chi connectivity index (χ1n) is 7.22. The van der Waals surface area contributed by atoms with Crippen molar-refractivity contribution in [3.8, 4) is 11.8 Å². The summed E-state index contributed by atoms with van der Waals surface area (Å²) in [7, 11) is 0. The van der Waals surface area contributed by atoms with E-state index in [1.807, 2.05) is 0 Å². The molecule has 3 atom stereocenters. The van der Waals surface area contributed by atoms with Gasteiger partial charge in [0.1, 0.15) is 18.5 Å². The summed E-state index contributed by atoms with van der Waals surface area (Å²) in [5.41, 5.74) is 0.606. The minimum absolute atomic E-state index is 0.265. The number of hydrogen-bond acceptors (Lipinski definition) is 4. The van der Waals surface area contributed by atoms with Gasteiger partial charge in [0.25, 0.3) is 0 Å². The van der Waals surface area contributed by atoms with Crippen LogP contribution in [-0.2, 0) is 0 Å². The molecule has 108 valence electrons. The van der Waals surface area contributed by atoms with Crippen molar-refractivity contribution in [1.29, 1.82) is 5.26 Å². The number of hydrogen-bond donors (Lipinski definition) is 2. The Balaban J connectivity index is 1.66. The molecule has 0 aliphatic heterocycles. The average molecular weight is 274 g/mol. The van der Waals surface area contributed by atoms with E-state index in [1.165, 1.54) is 19.3 Å². The van der Waals surface area contributed by atoms with Crippen molar-refractivity contribution < 1.29 is 9.84 Å². The monoisotopic (exact) mass is 274 g/mol. The molecule has 0 saturated heterocycles. The van der Waals surface area contributed by atoms with Gasteiger partial charge in [0.15, 0.2) is 0 Å². The predicted molar refractivity (Wildman–Crippen MR) is 77.5 cm³/mol. The van der Waals surface area contributed by atoms with Gasteiger partial charge in [-0.05, 0) is 49.4 Å².